The van der Waals surface area contributed by atoms with Gasteiger partial charge in [-0.15, -0.1) is 0 Å². The fourth-order valence-corrected chi connectivity index (χ4v) is 3.05. The fourth-order valence-electron chi connectivity index (χ4n) is 1.65. The van der Waals surface area contributed by atoms with Gasteiger partial charge in [-0.3, -0.25) is 0 Å². The highest BCUT2D eigenvalue weighted by molar-refractivity contribution is 7.89. The molecule has 0 N–H and O–H groups in total. The number of benzene rings is 1. The zero-order valence-electron chi connectivity index (χ0n) is 9.22. The van der Waals surface area contributed by atoms with E-state index in [0.29, 0.717) is 31.2 Å². The van der Waals surface area contributed by atoms with E-state index in [1.54, 1.807) is 12.1 Å². The van der Waals surface area contributed by atoms with Gasteiger partial charge in [-0.2, -0.15) is 4.31 Å². The van der Waals surface area contributed by atoms with E-state index < -0.39 is 10.0 Å². The molecule has 88 valence electrons. The molecule has 1 aliphatic heterocycles. The summed E-state index contributed by atoms with van der Waals surface area (Å²) in [5, 5.41) is 0. The molecule has 1 aliphatic rings. The van der Waals surface area contributed by atoms with E-state index in [0.717, 1.165) is 5.56 Å². The van der Waals surface area contributed by atoms with Crippen molar-refractivity contribution in [3.63, 3.8) is 0 Å². The molecule has 0 spiro atoms. The van der Waals surface area contributed by atoms with E-state index in [2.05, 4.69) is 0 Å². The lowest BCUT2D eigenvalue weighted by atomic mass is 10.2. The Morgan fingerprint density at radius 3 is 2.25 bits per heavy atom. The second-order valence-electron chi connectivity index (χ2n) is 3.83. The third kappa shape index (κ3) is 2.26. The number of nitrogens with zero attached hydrogens (tertiary/aromatic N) is 1. The van der Waals surface area contributed by atoms with Gasteiger partial charge in [0, 0.05) is 13.1 Å². The van der Waals surface area contributed by atoms with Gasteiger partial charge in [-0.25, -0.2) is 8.42 Å². The summed E-state index contributed by atoms with van der Waals surface area (Å²) in [6.45, 7) is 3.77. The zero-order valence-corrected chi connectivity index (χ0v) is 10.0. The zero-order chi connectivity index (χ0) is 11.6. The Bertz CT molecular complexity index is 447. The van der Waals surface area contributed by atoms with Crippen LogP contribution in [0.1, 0.15) is 5.56 Å². The lowest BCUT2D eigenvalue weighted by Crippen LogP contribution is -2.40. The molecule has 2 rings (SSSR count). The van der Waals surface area contributed by atoms with Crippen LogP contribution in [-0.2, 0) is 14.8 Å². The van der Waals surface area contributed by atoms with Crippen LogP contribution in [-0.4, -0.2) is 39.0 Å². The first-order valence-electron chi connectivity index (χ1n) is 5.25. The van der Waals surface area contributed by atoms with E-state index in [1.807, 2.05) is 19.1 Å². The number of aryl methyl sites for hydroxylation is 1. The lowest BCUT2D eigenvalue weighted by Gasteiger charge is -2.26. The quantitative estimate of drug-likeness (QED) is 0.776. The third-order valence-electron chi connectivity index (χ3n) is 2.63. The highest BCUT2D eigenvalue weighted by atomic mass is 32.2. The average molecular weight is 241 g/mol. The highest BCUT2D eigenvalue weighted by Gasteiger charge is 2.25. The van der Waals surface area contributed by atoms with Crippen LogP contribution in [0.3, 0.4) is 0 Å². The Morgan fingerprint density at radius 1 is 1.12 bits per heavy atom. The molecular weight excluding hydrogens is 226 g/mol. The van der Waals surface area contributed by atoms with E-state index in [9.17, 15) is 8.42 Å². The van der Waals surface area contributed by atoms with Crippen molar-refractivity contribution in [3.05, 3.63) is 29.8 Å². The van der Waals surface area contributed by atoms with E-state index >= 15 is 0 Å². The molecule has 0 bridgehead atoms. The topological polar surface area (TPSA) is 46.6 Å². The van der Waals surface area contributed by atoms with Gasteiger partial charge in [0.15, 0.2) is 0 Å². The van der Waals surface area contributed by atoms with Gasteiger partial charge in [0.2, 0.25) is 10.0 Å². The van der Waals surface area contributed by atoms with Gasteiger partial charge in [0.1, 0.15) is 0 Å². The summed E-state index contributed by atoms with van der Waals surface area (Å²) < 4.78 is 31.0. The van der Waals surface area contributed by atoms with Crippen LogP contribution >= 0.6 is 0 Å². The van der Waals surface area contributed by atoms with Crippen LogP contribution in [0.5, 0.6) is 0 Å². The molecule has 4 nitrogen and oxygen atoms in total. The number of ether oxygens (including phenoxy) is 1. The molecule has 1 saturated heterocycles. The van der Waals surface area contributed by atoms with E-state index in [4.69, 9.17) is 4.74 Å². The summed E-state index contributed by atoms with van der Waals surface area (Å²) >= 11 is 0. The van der Waals surface area contributed by atoms with Crippen LogP contribution in [0.15, 0.2) is 29.2 Å². The van der Waals surface area contributed by atoms with Gasteiger partial charge in [0.25, 0.3) is 0 Å². The monoisotopic (exact) mass is 241 g/mol. The molecular formula is C11H15NO3S. The first kappa shape index (κ1) is 11.6. The molecule has 1 aromatic carbocycles. The largest absolute Gasteiger partial charge is 0.379 e. The van der Waals surface area contributed by atoms with Crippen molar-refractivity contribution in [2.45, 2.75) is 11.8 Å². The normalized spacial score (nSPS) is 18.6. The molecule has 0 unspecified atom stereocenters. The minimum atomic E-state index is -3.33. The van der Waals surface area contributed by atoms with Gasteiger partial charge in [-0.05, 0) is 19.1 Å². The van der Waals surface area contributed by atoms with E-state index in [-0.39, 0.29) is 0 Å². The molecule has 0 radical (unpaired) electrons. The number of hydrogen-bond donors (Lipinski definition) is 0. The van der Waals surface area contributed by atoms with Crippen LogP contribution < -0.4 is 0 Å². The minimum Gasteiger partial charge on any atom is -0.379 e. The van der Waals surface area contributed by atoms with Crippen LogP contribution in [0.4, 0.5) is 0 Å². The summed E-state index contributed by atoms with van der Waals surface area (Å²) in [5.74, 6) is 0. The molecule has 16 heavy (non-hydrogen) atoms. The summed E-state index contributed by atoms with van der Waals surface area (Å²) in [7, 11) is -3.33. The minimum absolute atomic E-state index is 0.361. The van der Waals surface area contributed by atoms with Crippen LogP contribution in [0, 0.1) is 6.92 Å². The van der Waals surface area contributed by atoms with Crippen LogP contribution in [0.2, 0.25) is 0 Å². The molecule has 0 atom stereocenters. The number of rotatable bonds is 2. The standard InChI is InChI=1S/C11H15NO3S/c1-10-2-4-11(5-3-10)16(13,14)12-6-8-15-9-7-12/h2-5H,6-9H2,1H3. The van der Waals surface area contributed by atoms with Crippen LogP contribution in [0.25, 0.3) is 0 Å². The Labute approximate surface area is 95.9 Å². The predicted molar refractivity (Wildman–Crippen MR) is 60.8 cm³/mol. The Kier molecular flexibility index (Phi) is 3.28. The maximum absolute atomic E-state index is 12.2. The van der Waals surface area contributed by atoms with Crippen molar-refractivity contribution in [2.75, 3.05) is 26.3 Å². The van der Waals surface area contributed by atoms with Crippen molar-refractivity contribution in [2.24, 2.45) is 0 Å². The molecule has 1 heterocycles. The third-order valence-corrected chi connectivity index (χ3v) is 4.54. The molecule has 0 amide bonds. The summed E-state index contributed by atoms with van der Waals surface area (Å²) in [6, 6.07) is 6.93. The number of morpholine rings is 1. The van der Waals surface area contributed by atoms with Crippen molar-refractivity contribution in [1.29, 1.82) is 0 Å². The Hall–Kier alpha value is -0.910. The summed E-state index contributed by atoms with van der Waals surface area (Å²) in [6.07, 6.45) is 0. The first-order valence-corrected chi connectivity index (χ1v) is 6.69. The first-order chi connectivity index (χ1) is 7.60. The van der Waals surface area contributed by atoms with Crippen molar-refractivity contribution >= 4 is 10.0 Å². The maximum Gasteiger partial charge on any atom is 0.243 e. The highest BCUT2D eigenvalue weighted by Crippen LogP contribution is 2.17. The molecule has 1 aromatic rings. The predicted octanol–water partition coefficient (Wildman–Crippen LogP) is 1.02. The molecule has 5 heteroatoms. The van der Waals surface area contributed by atoms with Crippen molar-refractivity contribution < 1.29 is 13.2 Å². The lowest BCUT2D eigenvalue weighted by molar-refractivity contribution is 0.0730. The van der Waals surface area contributed by atoms with Gasteiger partial charge in [-0.1, -0.05) is 17.7 Å². The van der Waals surface area contributed by atoms with Gasteiger partial charge in [0.05, 0.1) is 18.1 Å². The molecule has 0 aliphatic carbocycles. The average Bonchev–Trinajstić information content (AvgIpc) is 2.31. The van der Waals surface area contributed by atoms with Crippen molar-refractivity contribution in [1.82, 2.24) is 4.31 Å². The van der Waals surface area contributed by atoms with Gasteiger partial charge >= 0.3 is 0 Å². The molecule has 0 saturated carbocycles. The Morgan fingerprint density at radius 2 is 1.69 bits per heavy atom. The van der Waals surface area contributed by atoms with Crippen molar-refractivity contribution in [3.8, 4) is 0 Å². The molecule has 0 aromatic heterocycles. The second kappa shape index (κ2) is 4.53. The summed E-state index contributed by atoms with van der Waals surface area (Å²) in [4.78, 5) is 0.361. The maximum atomic E-state index is 12.2. The molecule has 1 fully saturated rings. The smallest absolute Gasteiger partial charge is 0.243 e. The number of hydrogen-bond acceptors (Lipinski definition) is 3. The SMILES string of the molecule is Cc1ccc(S(=O)(=O)N2CCOCC2)cc1. The van der Waals surface area contributed by atoms with E-state index in [1.165, 1.54) is 4.31 Å². The second-order valence-corrected chi connectivity index (χ2v) is 5.77. The van der Waals surface area contributed by atoms with Gasteiger partial charge < -0.3 is 4.74 Å². The number of sulfonamides is 1. The Balaban J connectivity index is 2.27. The summed E-state index contributed by atoms with van der Waals surface area (Å²) in [5.41, 5.74) is 1.06. The fraction of sp³-hybridized carbons (Fsp3) is 0.455.